The van der Waals surface area contributed by atoms with E-state index in [1.54, 1.807) is 0 Å². The summed E-state index contributed by atoms with van der Waals surface area (Å²) in [5, 5.41) is 7.26. The standard InChI is InChI=1S/C57H35NO/c1-3-13-39-33-43(28-23-36(39)11-1)58(44-29-24-37-12-2-4-14-40(37)34-44)42-26-21-38(22-27-42)41-25-30-46-45-15-5-8-18-49(45)57(52(46)35-41)50-19-9-6-16-47(50)55-51(57)31-32-54-56(55)48-17-7-10-20-53(48)59-54/h1-35H. The largest absolute Gasteiger partial charge is 0.456 e. The van der Waals surface area contributed by atoms with E-state index in [0.29, 0.717) is 0 Å². The van der Waals surface area contributed by atoms with Crippen molar-refractivity contribution >= 4 is 60.5 Å². The van der Waals surface area contributed by atoms with Crippen LogP contribution in [0.25, 0.3) is 76.9 Å². The molecule has 0 aliphatic heterocycles. The second kappa shape index (κ2) is 12.2. The molecule has 11 aromatic rings. The van der Waals surface area contributed by atoms with Crippen LogP contribution < -0.4 is 4.90 Å². The van der Waals surface area contributed by atoms with Crippen molar-refractivity contribution < 1.29 is 4.42 Å². The van der Waals surface area contributed by atoms with Gasteiger partial charge >= 0.3 is 0 Å². The number of hydrogen-bond acceptors (Lipinski definition) is 2. The Morgan fingerprint density at radius 1 is 0.339 bits per heavy atom. The summed E-state index contributed by atoms with van der Waals surface area (Å²) in [6, 6.07) is 78.0. The average Bonchev–Trinajstić information content (AvgIpc) is 3.93. The molecule has 1 unspecified atom stereocenters. The Morgan fingerprint density at radius 3 is 1.63 bits per heavy atom. The van der Waals surface area contributed by atoms with Gasteiger partial charge in [0.15, 0.2) is 0 Å². The van der Waals surface area contributed by atoms with Gasteiger partial charge in [0.2, 0.25) is 0 Å². The second-order valence-corrected chi connectivity index (χ2v) is 16.0. The van der Waals surface area contributed by atoms with Gasteiger partial charge in [-0.15, -0.1) is 0 Å². The Morgan fingerprint density at radius 2 is 0.898 bits per heavy atom. The van der Waals surface area contributed by atoms with Gasteiger partial charge in [0.1, 0.15) is 11.2 Å². The maximum Gasteiger partial charge on any atom is 0.136 e. The molecule has 1 atom stereocenters. The number of benzene rings is 10. The Bertz CT molecular complexity index is 3440. The lowest BCUT2D eigenvalue weighted by molar-refractivity contribution is 0.668. The molecule has 0 fully saturated rings. The fourth-order valence-electron chi connectivity index (χ4n) is 10.5. The highest BCUT2D eigenvalue weighted by Gasteiger charge is 2.52. The third kappa shape index (κ3) is 4.51. The van der Waals surface area contributed by atoms with E-state index in [0.717, 1.165) is 33.6 Å². The molecule has 59 heavy (non-hydrogen) atoms. The molecule has 13 rings (SSSR count). The van der Waals surface area contributed by atoms with Gasteiger partial charge in [0.05, 0.1) is 5.41 Å². The highest BCUT2D eigenvalue weighted by Crippen LogP contribution is 2.64. The predicted molar refractivity (Wildman–Crippen MR) is 245 cm³/mol. The van der Waals surface area contributed by atoms with E-state index in [4.69, 9.17) is 4.42 Å². The number of para-hydroxylation sites is 1. The van der Waals surface area contributed by atoms with Crippen LogP contribution in [0.3, 0.4) is 0 Å². The fourth-order valence-corrected chi connectivity index (χ4v) is 10.5. The Labute approximate surface area is 341 Å². The first kappa shape index (κ1) is 32.4. The van der Waals surface area contributed by atoms with E-state index in [1.165, 1.54) is 82.6 Å². The van der Waals surface area contributed by atoms with E-state index in [2.05, 4.69) is 217 Å². The Hall–Kier alpha value is -7.68. The van der Waals surface area contributed by atoms with Gasteiger partial charge in [0, 0.05) is 27.8 Å². The summed E-state index contributed by atoms with van der Waals surface area (Å²) >= 11 is 0. The van der Waals surface area contributed by atoms with Crippen molar-refractivity contribution in [1.82, 2.24) is 0 Å². The SMILES string of the molecule is c1ccc2c(c1)-c1ccc(-c3ccc(N(c4ccc5ccccc5c4)c4ccc5ccccc5c4)cc3)cc1C21c2ccccc2-c2c1ccc1oc3ccccc3c21. The van der Waals surface area contributed by atoms with E-state index in [-0.39, 0.29) is 0 Å². The minimum absolute atomic E-state index is 0.469. The molecular formula is C57H35NO. The molecular weight excluding hydrogens is 715 g/mol. The number of furan rings is 1. The van der Waals surface area contributed by atoms with Crippen molar-refractivity contribution in [3.8, 4) is 33.4 Å². The van der Waals surface area contributed by atoms with Crippen LogP contribution >= 0.6 is 0 Å². The summed E-state index contributed by atoms with van der Waals surface area (Å²) in [7, 11) is 0. The van der Waals surface area contributed by atoms with E-state index in [1.807, 2.05) is 0 Å². The van der Waals surface area contributed by atoms with Gasteiger partial charge in [-0.3, -0.25) is 0 Å². The number of rotatable bonds is 4. The van der Waals surface area contributed by atoms with Crippen LogP contribution in [0.15, 0.2) is 217 Å². The maximum absolute atomic E-state index is 6.48. The van der Waals surface area contributed by atoms with Gasteiger partial charge in [-0.25, -0.2) is 0 Å². The molecule has 2 aliphatic carbocycles. The van der Waals surface area contributed by atoms with Crippen molar-refractivity contribution in [2.24, 2.45) is 0 Å². The average molecular weight is 750 g/mol. The van der Waals surface area contributed by atoms with Crippen LogP contribution in [0.1, 0.15) is 22.3 Å². The van der Waals surface area contributed by atoms with Crippen molar-refractivity contribution in [2.45, 2.75) is 5.41 Å². The third-order valence-corrected chi connectivity index (χ3v) is 13.0. The lowest BCUT2D eigenvalue weighted by Gasteiger charge is -2.30. The highest BCUT2D eigenvalue weighted by atomic mass is 16.3. The van der Waals surface area contributed by atoms with Crippen LogP contribution in [-0.4, -0.2) is 0 Å². The Kier molecular flexibility index (Phi) is 6.68. The fraction of sp³-hybridized carbons (Fsp3) is 0.0175. The second-order valence-electron chi connectivity index (χ2n) is 16.0. The highest BCUT2D eigenvalue weighted by molar-refractivity contribution is 6.16. The lowest BCUT2D eigenvalue weighted by atomic mass is 9.70. The number of anilines is 3. The zero-order valence-electron chi connectivity index (χ0n) is 32.1. The number of hydrogen-bond donors (Lipinski definition) is 0. The van der Waals surface area contributed by atoms with E-state index in [9.17, 15) is 0 Å². The van der Waals surface area contributed by atoms with Crippen LogP contribution in [0.2, 0.25) is 0 Å². The third-order valence-electron chi connectivity index (χ3n) is 13.0. The number of nitrogens with zero attached hydrogens (tertiary/aromatic N) is 1. The molecule has 1 heterocycles. The molecule has 1 aromatic heterocycles. The smallest absolute Gasteiger partial charge is 0.136 e. The maximum atomic E-state index is 6.48. The quantitative estimate of drug-likeness (QED) is 0.178. The van der Waals surface area contributed by atoms with Crippen LogP contribution in [0.4, 0.5) is 17.1 Å². The van der Waals surface area contributed by atoms with Crippen molar-refractivity contribution in [1.29, 1.82) is 0 Å². The summed E-state index contributed by atoms with van der Waals surface area (Å²) < 4.78 is 6.48. The van der Waals surface area contributed by atoms with Gasteiger partial charge < -0.3 is 9.32 Å². The molecule has 274 valence electrons. The topological polar surface area (TPSA) is 16.4 Å². The molecule has 2 heteroatoms. The van der Waals surface area contributed by atoms with E-state index < -0.39 is 5.41 Å². The molecule has 2 aliphatic rings. The number of fused-ring (bicyclic) bond motifs is 16. The zero-order valence-corrected chi connectivity index (χ0v) is 32.1. The molecule has 0 bridgehead atoms. The molecule has 2 nitrogen and oxygen atoms in total. The summed E-state index contributed by atoms with van der Waals surface area (Å²) in [6.45, 7) is 0. The minimum atomic E-state index is -0.469. The van der Waals surface area contributed by atoms with Gasteiger partial charge in [-0.2, -0.15) is 0 Å². The molecule has 0 radical (unpaired) electrons. The predicted octanol–water partition coefficient (Wildman–Crippen LogP) is 15.4. The molecule has 0 amide bonds. The van der Waals surface area contributed by atoms with Gasteiger partial charge in [0.25, 0.3) is 0 Å². The summed E-state index contributed by atoms with van der Waals surface area (Å²) in [5.74, 6) is 0. The van der Waals surface area contributed by atoms with Crippen molar-refractivity contribution in [3.63, 3.8) is 0 Å². The first-order valence-corrected chi connectivity index (χ1v) is 20.4. The van der Waals surface area contributed by atoms with Gasteiger partial charge in [-0.05, 0) is 132 Å². The summed E-state index contributed by atoms with van der Waals surface area (Å²) in [6.07, 6.45) is 0. The molecule has 0 N–H and O–H groups in total. The van der Waals surface area contributed by atoms with Crippen molar-refractivity contribution in [2.75, 3.05) is 4.90 Å². The summed E-state index contributed by atoms with van der Waals surface area (Å²) in [4.78, 5) is 2.38. The zero-order chi connectivity index (χ0) is 38.7. The monoisotopic (exact) mass is 749 g/mol. The van der Waals surface area contributed by atoms with Gasteiger partial charge in [-0.1, -0.05) is 158 Å². The van der Waals surface area contributed by atoms with Crippen LogP contribution in [-0.2, 0) is 5.41 Å². The molecule has 0 saturated carbocycles. The molecule has 1 spiro atoms. The van der Waals surface area contributed by atoms with Crippen LogP contribution in [0.5, 0.6) is 0 Å². The molecule has 10 aromatic carbocycles. The lowest BCUT2D eigenvalue weighted by Crippen LogP contribution is -2.25. The van der Waals surface area contributed by atoms with Crippen LogP contribution in [0, 0.1) is 0 Å². The van der Waals surface area contributed by atoms with Crippen molar-refractivity contribution in [3.05, 3.63) is 235 Å². The normalized spacial score (nSPS) is 14.8. The van der Waals surface area contributed by atoms with E-state index >= 15 is 0 Å². The first-order chi connectivity index (χ1) is 29.2. The Balaban J connectivity index is 0.986. The first-order valence-electron chi connectivity index (χ1n) is 20.4. The summed E-state index contributed by atoms with van der Waals surface area (Å²) in [5.41, 5.74) is 17.6. The minimum Gasteiger partial charge on any atom is -0.456 e. The molecule has 0 saturated heterocycles.